The Morgan fingerprint density at radius 3 is 2.22 bits per heavy atom. The van der Waals surface area contributed by atoms with Crippen LogP contribution in [0.25, 0.3) is 5.57 Å². The fourth-order valence-corrected chi connectivity index (χ4v) is 4.82. The Hall–Kier alpha value is -3.15. The summed E-state index contributed by atoms with van der Waals surface area (Å²) >= 11 is 0. The SMILES string of the molecule is C=C(C)c1ccc(C(=O)N(C2CC2)C2CCC(COC(N)=O)(c3ccccn3)CC2)cc1. The molecule has 2 N–H and O–H groups in total. The molecule has 0 atom stereocenters. The van der Waals surface area contributed by atoms with Gasteiger partial charge in [-0.15, -0.1) is 0 Å². The molecular weight excluding hydrogens is 402 g/mol. The number of aromatic nitrogens is 1. The Kier molecular flexibility index (Phi) is 6.31. The minimum absolute atomic E-state index is 0.101. The van der Waals surface area contributed by atoms with Crippen LogP contribution in [0.5, 0.6) is 0 Å². The van der Waals surface area contributed by atoms with Crippen LogP contribution in [0.4, 0.5) is 4.79 Å². The molecule has 0 bridgehead atoms. The maximum atomic E-state index is 13.5. The number of primary amides is 1. The van der Waals surface area contributed by atoms with Crippen molar-refractivity contribution >= 4 is 17.6 Å². The Bertz CT molecular complexity index is 975. The number of allylic oxidation sites excluding steroid dienone is 1. The maximum Gasteiger partial charge on any atom is 0.404 e. The number of benzene rings is 1. The lowest BCUT2D eigenvalue weighted by Gasteiger charge is -2.43. The summed E-state index contributed by atoms with van der Waals surface area (Å²) in [6.07, 6.45) is 6.36. The van der Waals surface area contributed by atoms with Crippen molar-refractivity contribution in [3.8, 4) is 0 Å². The van der Waals surface area contributed by atoms with Crippen LogP contribution in [-0.4, -0.2) is 40.6 Å². The van der Waals surface area contributed by atoms with Gasteiger partial charge in [-0.3, -0.25) is 9.78 Å². The summed E-state index contributed by atoms with van der Waals surface area (Å²) in [5.74, 6) is 0.101. The molecule has 0 spiro atoms. The maximum absolute atomic E-state index is 13.5. The van der Waals surface area contributed by atoms with Crippen LogP contribution in [0.15, 0.2) is 55.2 Å². The zero-order valence-corrected chi connectivity index (χ0v) is 18.6. The van der Waals surface area contributed by atoms with Gasteiger partial charge in [0.05, 0.1) is 0 Å². The lowest BCUT2D eigenvalue weighted by molar-refractivity contribution is 0.0489. The van der Waals surface area contributed by atoms with Crippen molar-refractivity contribution in [2.75, 3.05) is 6.61 Å². The molecular formula is C26H31N3O3. The molecule has 0 radical (unpaired) electrons. The Labute approximate surface area is 189 Å². The quantitative estimate of drug-likeness (QED) is 0.686. The molecule has 0 aliphatic heterocycles. The molecule has 2 fully saturated rings. The van der Waals surface area contributed by atoms with E-state index >= 15 is 0 Å². The van der Waals surface area contributed by atoms with E-state index in [0.29, 0.717) is 6.04 Å². The van der Waals surface area contributed by atoms with E-state index in [1.54, 1.807) is 6.20 Å². The molecule has 0 unspecified atom stereocenters. The van der Waals surface area contributed by atoms with Crippen molar-refractivity contribution in [1.29, 1.82) is 0 Å². The third kappa shape index (κ3) is 4.69. The molecule has 1 heterocycles. The average Bonchev–Trinajstić information content (AvgIpc) is 3.64. The van der Waals surface area contributed by atoms with E-state index in [9.17, 15) is 9.59 Å². The summed E-state index contributed by atoms with van der Waals surface area (Å²) < 4.78 is 5.25. The molecule has 168 valence electrons. The summed E-state index contributed by atoms with van der Waals surface area (Å²) in [5, 5.41) is 0. The fourth-order valence-electron chi connectivity index (χ4n) is 4.82. The lowest BCUT2D eigenvalue weighted by Crippen LogP contribution is -2.48. The number of hydrogen-bond donors (Lipinski definition) is 1. The predicted octanol–water partition coefficient (Wildman–Crippen LogP) is 4.70. The van der Waals surface area contributed by atoms with Crippen LogP contribution < -0.4 is 5.73 Å². The van der Waals surface area contributed by atoms with Crippen molar-refractivity contribution in [2.45, 2.75) is 62.9 Å². The first-order valence-corrected chi connectivity index (χ1v) is 11.3. The van der Waals surface area contributed by atoms with Crippen molar-refractivity contribution in [3.05, 3.63) is 72.1 Å². The molecule has 32 heavy (non-hydrogen) atoms. The number of rotatable bonds is 7. The van der Waals surface area contributed by atoms with Gasteiger partial charge in [-0.05, 0) is 75.3 Å². The van der Waals surface area contributed by atoms with Crippen molar-refractivity contribution in [2.24, 2.45) is 5.73 Å². The Morgan fingerprint density at radius 2 is 1.69 bits per heavy atom. The van der Waals surface area contributed by atoms with Gasteiger partial charge in [-0.25, -0.2) is 4.79 Å². The van der Waals surface area contributed by atoms with Gasteiger partial charge in [0.25, 0.3) is 5.91 Å². The zero-order chi connectivity index (χ0) is 22.7. The van der Waals surface area contributed by atoms with Crippen LogP contribution in [0.2, 0.25) is 0 Å². The number of ether oxygens (including phenoxy) is 1. The molecule has 6 nitrogen and oxygen atoms in total. The van der Waals surface area contributed by atoms with E-state index in [0.717, 1.165) is 60.9 Å². The highest BCUT2D eigenvalue weighted by atomic mass is 16.5. The van der Waals surface area contributed by atoms with E-state index in [4.69, 9.17) is 10.5 Å². The molecule has 1 aromatic heterocycles. The molecule has 2 aliphatic carbocycles. The highest BCUT2D eigenvalue weighted by Crippen LogP contribution is 2.43. The van der Waals surface area contributed by atoms with Crippen molar-refractivity contribution in [1.82, 2.24) is 9.88 Å². The number of nitrogens with zero attached hydrogens (tertiary/aromatic N) is 2. The molecule has 4 rings (SSSR count). The normalized spacial score (nSPS) is 22.7. The number of carbonyl (C=O) groups excluding carboxylic acids is 2. The predicted molar refractivity (Wildman–Crippen MR) is 124 cm³/mol. The van der Waals surface area contributed by atoms with Crippen LogP contribution in [0.1, 0.15) is 67.1 Å². The topological polar surface area (TPSA) is 85.5 Å². The largest absolute Gasteiger partial charge is 0.449 e. The standard InChI is InChI=1S/C26H31N3O3/c1-18(2)19-6-8-20(9-7-19)24(30)29(21-10-11-21)22-12-14-26(15-13-22,17-32-25(27)31)23-5-3-4-16-28-23/h3-9,16,21-22H,1,10-15,17H2,2H3,(H2,27,31). The zero-order valence-electron chi connectivity index (χ0n) is 18.6. The number of amides is 2. The molecule has 2 amide bonds. The number of carbonyl (C=O) groups is 2. The van der Waals surface area contributed by atoms with Gasteiger partial charge in [0.1, 0.15) is 6.61 Å². The second kappa shape index (κ2) is 9.15. The number of hydrogen-bond acceptors (Lipinski definition) is 4. The first-order valence-electron chi connectivity index (χ1n) is 11.3. The van der Waals surface area contributed by atoms with Crippen LogP contribution in [0.3, 0.4) is 0 Å². The van der Waals surface area contributed by atoms with Crippen molar-refractivity contribution < 1.29 is 14.3 Å². The molecule has 2 aliphatic rings. The van der Waals surface area contributed by atoms with E-state index in [-0.39, 0.29) is 24.0 Å². The second-order valence-corrected chi connectivity index (χ2v) is 9.14. The summed E-state index contributed by atoms with van der Waals surface area (Å²) in [6.45, 7) is 6.15. The summed E-state index contributed by atoms with van der Waals surface area (Å²) in [4.78, 5) is 31.4. The van der Waals surface area contributed by atoms with Gasteiger partial charge in [-0.1, -0.05) is 30.4 Å². The van der Waals surface area contributed by atoms with Crippen molar-refractivity contribution in [3.63, 3.8) is 0 Å². The smallest absolute Gasteiger partial charge is 0.404 e. The van der Waals surface area contributed by atoms with Gasteiger partial charge in [0, 0.05) is 35.0 Å². The Balaban J connectivity index is 1.51. The third-order valence-electron chi connectivity index (χ3n) is 6.80. The van der Waals surface area contributed by atoms with Gasteiger partial charge < -0.3 is 15.4 Å². The third-order valence-corrected chi connectivity index (χ3v) is 6.80. The highest BCUT2D eigenvalue weighted by molar-refractivity contribution is 5.95. The van der Waals surface area contributed by atoms with E-state index in [1.165, 1.54) is 0 Å². The van der Waals surface area contributed by atoms with E-state index in [1.807, 2.05) is 49.4 Å². The second-order valence-electron chi connectivity index (χ2n) is 9.14. The fraction of sp³-hybridized carbons (Fsp3) is 0.423. The van der Waals surface area contributed by atoms with E-state index < -0.39 is 6.09 Å². The lowest BCUT2D eigenvalue weighted by atomic mass is 9.70. The molecule has 1 aromatic carbocycles. The molecule has 6 heteroatoms. The van der Waals surface area contributed by atoms with Gasteiger partial charge >= 0.3 is 6.09 Å². The Morgan fingerprint density at radius 1 is 1.06 bits per heavy atom. The van der Waals surface area contributed by atoms with Crippen LogP contribution in [0, 0.1) is 0 Å². The molecule has 2 saturated carbocycles. The summed E-state index contributed by atoms with van der Waals surface area (Å²) in [5.41, 5.74) is 8.57. The van der Waals surface area contributed by atoms with Crippen LogP contribution >= 0.6 is 0 Å². The first-order chi connectivity index (χ1) is 15.4. The molecule has 2 aromatic rings. The van der Waals surface area contributed by atoms with Gasteiger partial charge in [-0.2, -0.15) is 0 Å². The van der Waals surface area contributed by atoms with Gasteiger partial charge in [0.15, 0.2) is 0 Å². The first kappa shape index (κ1) is 22.1. The number of pyridine rings is 1. The van der Waals surface area contributed by atoms with Crippen LogP contribution in [-0.2, 0) is 10.2 Å². The van der Waals surface area contributed by atoms with Gasteiger partial charge in [0.2, 0.25) is 0 Å². The summed E-state index contributed by atoms with van der Waals surface area (Å²) in [6, 6.07) is 14.0. The van der Waals surface area contributed by atoms with E-state index in [2.05, 4.69) is 16.5 Å². The highest BCUT2D eigenvalue weighted by Gasteiger charge is 2.44. The molecule has 0 saturated heterocycles. The summed E-state index contributed by atoms with van der Waals surface area (Å²) in [7, 11) is 0. The minimum atomic E-state index is -0.768. The number of nitrogens with two attached hydrogens (primary N) is 1. The average molecular weight is 434 g/mol. The minimum Gasteiger partial charge on any atom is -0.449 e. The monoisotopic (exact) mass is 433 g/mol.